The van der Waals surface area contributed by atoms with Gasteiger partial charge in [0.05, 0.1) is 23.4 Å². The first-order valence-corrected chi connectivity index (χ1v) is 4.91. The molecule has 0 fully saturated rings. The average Bonchev–Trinajstić information content (AvgIpc) is 2.36. The molecule has 17 heavy (non-hydrogen) atoms. The van der Waals surface area contributed by atoms with E-state index in [0.29, 0.717) is 5.56 Å². The van der Waals surface area contributed by atoms with Crippen LogP contribution in [0.5, 0.6) is 0 Å². The van der Waals surface area contributed by atoms with Crippen LogP contribution in [0.2, 0.25) is 0 Å². The molecule has 2 N–H and O–H groups in total. The lowest BCUT2D eigenvalue weighted by Crippen LogP contribution is -2.31. The summed E-state index contributed by atoms with van der Waals surface area (Å²) in [5, 5.41) is 11.3. The van der Waals surface area contributed by atoms with Gasteiger partial charge in [0.15, 0.2) is 0 Å². The van der Waals surface area contributed by atoms with Gasteiger partial charge in [-0.3, -0.25) is 9.59 Å². The maximum atomic E-state index is 11.8. The monoisotopic (exact) mass is 234 g/mol. The topological polar surface area (TPSA) is 86.7 Å². The Morgan fingerprint density at radius 1 is 1.41 bits per heavy atom. The van der Waals surface area contributed by atoms with E-state index in [1.165, 1.54) is 30.1 Å². The molecule has 0 saturated carbocycles. The van der Waals surface area contributed by atoms with Crippen LogP contribution in [0.3, 0.4) is 0 Å². The van der Waals surface area contributed by atoms with Gasteiger partial charge in [-0.1, -0.05) is 0 Å². The van der Waals surface area contributed by atoms with E-state index in [0.717, 1.165) is 0 Å². The molecule has 1 aliphatic heterocycles. The molecule has 0 saturated heterocycles. The Hall–Kier alpha value is -2.37. The Balaban J connectivity index is 2.54. The molecule has 2 amide bonds. The summed E-state index contributed by atoms with van der Waals surface area (Å²) in [5.41, 5.74) is 0.564. The average molecular weight is 234 g/mol. The fraction of sp³-hybridized carbons (Fsp3) is 0.182. The van der Waals surface area contributed by atoms with E-state index in [1.54, 1.807) is 0 Å². The van der Waals surface area contributed by atoms with Gasteiger partial charge in [0.25, 0.3) is 5.91 Å². The Kier molecular flexibility index (Phi) is 2.55. The maximum absolute atomic E-state index is 11.8. The SMILES string of the molecule is CN1CC(=O)Nc2cc(C(=O)O)ccc2C1=O. The first-order valence-electron chi connectivity index (χ1n) is 4.91. The van der Waals surface area contributed by atoms with E-state index in [4.69, 9.17) is 5.11 Å². The Bertz CT molecular complexity index is 524. The number of hydrogen-bond acceptors (Lipinski definition) is 3. The minimum Gasteiger partial charge on any atom is -0.478 e. The first kappa shape index (κ1) is 11.1. The normalized spacial score (nSPS) is 15.0. The van der Waals surface area contributed by atoms with Crippen LogP contribution in [0.4, 0.5) is 5.69 Å². The zero-order valence-corrected chi connectivity index (χ0v) is 9.06. The van der Waals surface area contributed by atoms with E-state index in [2.05, 4.69) is 5.32 Å². The minimum absolute atomic E-state index is 0.0291. The molecule has 1 aromatic carbocycles. The standard InChI is InChI=1S/C11H10N2O4/c1-13-5-9(14)12-8-4-6(11(16)17)2-3-7(8)10(13)15/h2-4H,5H2,1H3,(H,12,14)(H,16,17). The Morgan fingerprint density at radius 2 is 2.12 bits per heavy atom. The summed E-state index contributed by atoms with van der Waals surface area (Å²) in [5.74, 6) is -1.76. The van der Waals surface area contributed by atoms with E-state index in [1.807, 2.05) is 0 Å². The van der Waals surface area contributed by atoms with Crippen LogP contribution in [0.15, 0.2) is 18.2 Å². The van der Waals surface area contributed by atoms with Crippen molar-refractivity contribution in [3.63, 3.8) is 0 Å². The number of nitrogens with one attached hydrogen (secondary N) is 1. The number of fused-ring (bicyclic) bond motifs is 1. The molecule has 0 spiro atoms. The minimum atomic E-state index is -1.10. The number of carbonyl (C=O) groups is 3. The predicted molar refractivity (Wildman–Crippen MR) is 59.0 cm³/mol. The highest BCUT2D eigenvalue weighted by Crippen LogP contribution is 2.21. The van der Waals surface area contributed by atoms with Crippen LogP contribution >= 0.6 is 0 Å². The van der Waals surface area contributed by atoms with Crippen LogP contribution < -0.4 is 5.32 Å². The lowest BCUT2D eigenvalue weighted by Gasteiger charge is -2.12. The molecule has 1 aromatic rings. The number of amides is 2. The van der Waals surface area contributed by atoms with Crippen molar-refractivity contribution in [1.29, 1.82) is 0 Å². The zero-order valence-electron chi connectivity index (χ0n) is 9.06. The quantitative estimate of drug-likeness (QED) is 0.736. The number of hydrogen-bond donors (Lipinski definition) is 2. The lowest BCUT2D eigenvalue weighted by atomic mass is 10.1. The summed E-state index contributed by atoms with van der Waals surface area (Å²) in [6, 6.07) is 4.03. The van der Waals surface area contributed by atoms with Gasteiger partial charge >= 0.3 is 5.97 Å². The van der Waals surface area contributed by atoms with Crippen molar-refractivity contribution < 1.29 is 19.5 Å². The Labute approximate surface area is 96.8 Å². The first-order chi connectivity index (χ1) is 7.99. The molecule has 6 heteroatoms. The third-order valence-electron chi connectivity index (χ3n) is 2.50. The third-order valence-corrected chi connectivity index (χ3v) is 2.50. The van der Waals surface area contributed by atoms with Crippen LogP contribution in [-0.2, 0) is 4.79 Å². The molecule has 1 aliphatic rings. The van der Waals surface area contributed by atoms with Crippen LogP contribution in [0.1, 0.15) is 20.7 Å². The fourth-order valence-corrected chi connectivity index (χ4v) is 1.65. The molecule has 6 nitrogen and oxygen atoms in total. The molecule has 0 bridgehead atoms. The van der Waals surface area contributed by atoms with Crippen molar-refractivity contribution in [2.45, 2.75) is 0 Å². The van der Waals surface area contributed by atoms with Gasteiger partial charge in [0.1, 0.15) is 0 Å². The number of likely N-dealkylation sites (N-methyl/N-ethyl adjacent to an activating group) is 1. The molecule has 0 aromatic heterocycles. The number of rotatable bonds is 1. The van der Waals surface area contributed by atoms with Crippen molar-refractivity contribution >= 4 is 23.5 Å². The number of anilines is 1. The third kappa shape index (κ3) is 1.96. The molecule has 0 atom stereocenters. The molecular formula is C11H10N2O4. The summed E-state index contributed by atoms with van der Waals surface area (Å²) in [6.07, 6.45) is 0. The number of benzene rings is 1. The molecule has 0 unspecified atom stereocenters. The fourth-order valence-electron chi connectivity index (χ4n) is 1.65. The molecule has 2 rings (SSSR count). The Morgan fingerprint density at radius 3 is 2.76 bits per heavy atom. The maximum Gasteiger partial charge on any atom is 0.335 e. The summed E-state index contributed by atoms with van der Waals surface area (Å²) < 4.78 is 0. The predicted octanol–water partition coefficient (Wildman–Crippen LogP) is 0.409. The number of carbonyl (C=O) groups excluding carboxylic acids is 2. The van der Waals surface area contributed by atoms with Crippen molar-refractivity contribution in [1.82, 2.24) is 4.90 Å². The summed E-state index contributed by atoms with van der Waals surface area (Å²) in [7, 11) is 1.52. The van der Waals surface area contributed by atoms with E-state index < -0.39 is 5.97 Å². The van der Waals surface area contributed by atoms with Crippen molar-refractivity contribution in [3.05, 3.63) is 29.3 Å². The number of aromatic carboxylic acids is 1. The van der Waals surface area contributed by atoms with Crippen molar-refractivity contribution in [3.8, 4) is 0 Å². The van der Waals surface area contributed by atoms with Crippen molar-refractivity contribution in [2.24, 2.45) is 0 Å². The zero-order chi connectivity index (χ0) is 12.6. The van der Waals surface area contributed by atoms with Gasteiger partial charge in [-0.05, 0) is 18.2 Å². The molecule has 88 valence electrons. The molecular weight excluding hydrogens is 224 g/mol. The highest BCUT2D eigenvalue weighted by molar-refractivity contribution is 6.09. The van der Waals surface area contributed by atoms with Gasteiger partial charge in [-0.15, -0.1) is 0 Å². The van der Waals surface area contributed by atoms with Gasteiger partial charge in [-0.2, -0.15) is 0 Å². The number of carboxylic acid groups (broad SMARTS) is 1. The van der Waals surface area contributed by atoms with Gasteiger partial charge in [-0.25, -0.2) is 4.79 Å². The highest BCUT2D eigenvalue weighted by atomic mass is 16.4. The second-order valence-corrected chi connectivity index (χ2v) is 3.77. The number of nitrogens with zero attached hydrogens (tertiary/aromatic N) is 1. The second-order valence-electron chi connectivity index (χ2n) is 3.77. The summed E-state index contributed by atoms with van der Waals surface area (Å²) in [6.45, 7) is -0.0457. The largest absolute Gasteiger partial charge is 0.478 e. The summed E-state index contributed by atoms with van der Waals surface area (Å²) in [4.78, 5) is 35.4. The molecule has 0 aliphatic carbocycles. The molecule has 0 radical (unpaired) electrons. The smallest absolute Gasteiger partial charge is 0.335 e. The van der Waals surface area contributed by atoms with Gasteiger partial charge in [0, 0.05) is 7.05 Å². The van der Waals surface area contributed by atoms with Crippen LogP contribution in [0, 0.1) is 0 Å². The molecule has 1 heterocycles. The van der Waals surface area contributed by atoms with E-state index in [9.17, 15) is 14.4 Å². The van der Waals surface area contributed by atoms with Gasteiger partial charge < -0.3 is 15.3 Å². The summed E-state index contributed by atoms with van der Waals surface area (Å²) >= 11 is 0. The van der Waals surface area contributed by atoms with Crippen LogP contribution in [0.25, 0.3) is 0 Å². The highest BCUT2D eigenvalue weighted by Gasteiger charge is 2.24. The van der Waals surface area contributed by atoms with Crippen molar-refractivity contribution in [2.75, 3.05) is 18.9 Å². The van der Waals surface area contributed by atoms with E-state index >= 15 is 0 Å². The van der Waals surface area contributed by atoms with E-state index in [-0.39, 0.29) is 29.6 Å². The lowest BCUT2D eigenvalue weighted by molar-refractivity contribution is -0.116. The number of carboxylic acids is 1. The van der Waals surface area contributed by atoms with Crippen LogP contribution in [-0.4, -0.2) is 41.4 Å². The second kappa shape index (κ2) is 3.89. The van der Waals surface area contributed by atoms with Gasteiger partial charge in [0.2, 0.25) is 5.91 Å².